The molecule has 0 bridgehead atoms. The molecule has 1 unspecified atom stereocenters. The SMILES string of the molecule is CC(C)CC(Nc1c(F)cccc1F)c1ccccc1. The van der Waals surface area contributed by atoms with E-state index in [2.05, 4.69) is 19.2 Å². The number of rotatable bonds is 5. The van der Waals surface area contributed by atoms with Crippen molar-refractivity contribution in [2.75, 3.05) is 5.32 Å². The van der Waals surface area contributed by atoms with Gasteiger partial charge in [0.2, 0.25) is 0 Å². The fourth-order valence-corrected chi connectivity index (χ4v) is 2.25. The highest BCUT2D eigenvalue weighted by Gasteiger charge is 2.17. The predicted molar refractivity (Wildman–Crippen MR) is 78.6 cm³/mol. The molecule has 20 heavy (non-hydrogen) atoms. The van der Waals surface area contributed by atoms with Crippen LogP contribution in [0, 0.1) is 17.6 Å². The van der Waals surface area contributed by atoms with Crippen molar-refractivity contribution in [1.82, 2.24) is 0 Å². The number of nitrogens with one attached hydrogen (secondary N) is 1. The number of para-hydroxylation sites is 1. The summed E-state index contributed by atoms with van der Waals surface area (Å²) >= 11 is 0. The van der Waals surface area contributed by atoms with Gasteiger partial charge in [0, 0.05) is 0 Å². The second-order valence-electron chi connectivity index (χ2n) is 5.33. The summed E-state index contributed by atoms with van der Waals surface area (Å²) in [5.74, 6) is -0.702. The lowest BCUT2D eigenvalue weighted by Gasteiger charge is -2.23. The molecule has 3 heteroatoms. The second-order valence-corrected chi connectivity index (χ2v) is 5.33. The van der Waals surface area contributed by atoms with Gasteiger partial charge in [-0.3, -0.25) is 0 Å². The van der Waals surface area contributed by atoms with Gasteiger partial charge < -0.3 is 5.32 Å². The molecule has 0 saturated carbocycles. The largest absolute Gasteiger partial charge is 0.373 e. The molecule has 0 heterocycles. The molecule has 0 saturated heterocycles. The highest BCUT2D eigenvalue weighted by Crippen LogP contribution is 2.28. The smallest absolute Gasteiger partial charge is 0.149 e. The number of anilines is 1. The molecule has 0 radical (unpaired) electrons. The summed E-state index contributed by atoms with van der Waals surface area (Å²) in [6, 6.07) is 13.5. The van der Waals surface area contributed by atoms with Crippen molar-refractivity contribution in [1.29, 1.82) is 0 Å². The summed E-state index contributed by atoms with van der Waals surface area (Å²) in [7, 11) is 0. The van der Waals surface area contributed by atoms with Crippen molar-refractivity contribution in [2.24, 2.45) is 5.92 Å². The minimum atomic E-state index is -0.560. The van der Waals surface area contributed by atoms with Gasteiger partial charge in [-0.05, 0) is 30.0 Å². The van der Waals surface area contributed by atoms with Crippen LogP contribution in [-0.4, -0.2) is 0 Å². The molecule has 0 aliphatic rings. The van der Waals surface area contributed by atoms with E-state index in [4.69, 9.17) is 0 Å². The molecule has 0 aliphatic heterocycles. The van der Waals surface area contributed by atoms with Crippen molar-refractivity contribution in [3.63, 3.8) is 0 Å². The Morgan fingerprint density at radius 3 is 2.05 bits per heavy atom. The van der Waals surface area contributed by atoms with E-state index in [1.165, 1.54) is 18.2 Å². The molecule has 0 amide bonds. The Balaban J connectivity index is 2.29. The fraction of sp³-hybridized carbons (Fsp3) is 0.294. The van der Waals surface area contributed by atoms with Crippen LogP contribution >= 0.6 is 0 Å². The normalized spacial score (nSPS) is 12.4. The highest BCUT2D eigenvalue weighted by molar-refractivity contribution is 5.48. The van der Waals surface area contributed by atoms with E-state index in [9.17, 15) is 8.78 Å². The first-order valence-corrected chi connectivity index (χ1v) is 6.83. The molecule has 2 rings (SSSR count). The lowest BCUT2D eigenvalue weighted by molar-refractivity contribution is 0.520. The van der Waals surface area contributed by atoms with Crippen LogP contribution in [0.15, 0.2) is 48.5 Å². The van der Waals surface area contributed by atoms with Crippen molar-refractivity contribution in [3.8, 4) is 0 Å². The molecule has 2 aromatic carbocycles. The predicted octanol–water partition coefficient (Wildman–Crippen LogP) is 5.16. The minimum Gasteiger partial charge on any atom is -0.373 e. The van der Waals surface area contributed by atoms with Crippen molar-refractivity contribution in [3.05, 3.63) is 65.7 Å². The third-order valence-electron chi connectivity index (χ3n) is 3.19. The molecular weight excluding hydrogens is 256 g/mol. The van der Waals surface area contributed by atoms with Crippen molar-refractivity contribution >= 4 is 5.69 Å². The van der Waals surface area contributed by atoms with Gasteiger partial charge in [0.15, 0.2) is 0 Å². The lowest BCUT2D eigenvalue weighted by atomic mass is 9.96. The van der Waals surface area contributed by atoms with Crippen LogP contribution in [0.5, 0.6) is 0 Å². The minimum absolute atomic E-state index is 0.0537. The fourth-order valence-electron chi connectivity index (χ4n) is 2.25. The number of halogens is 2. The van der Waals surface area contributed by atoms with E-state index in [1.807, 2.05) is 30.3 Å². The summed E-state index contributed by atoms with van der Waals surface area (Å²) < 4.78 is 27.5. The molecule has 0 aliphatic carbocycles. The van der Waals surface area contributed by atoms with Crippen LogP contribution in [0.2, 0.25) is 0 Å². The zero-order valence-electron chi connectivity index (χ0n) is 11.7. The maximum absolute atomic E-state index is 13.8. The monoisotopic (exact) mass is 275 g/mol. The average molecular weight is 275 g/mol. The van der Waals surface area contributed by atoms with E-state index in [1.54, 1.807) is 0 Å². The average Bonchev–Trinajstić information content (AvgIpc) is 2.42. The summed E-state index contributed by atoms with van der Waals surface area (Å²) in [4.78, 5) is 0. The maximum atomic E-state index is 13.8. The first-order valence-electron chi connectivity index (χ1n) is 6.83. The Bertz CT molecular complexity index is 532. The molecule has 0 spiro atoms. The van der Waals surface area contributed by atoms with Crippen LogP contribution in [0.3, 0.4) is 0 Å². The Hall–Kier alpha value is -1.90. The van der Waals surface area contributed by atoms with Gasteiger partial charge >= 0.3 is 0 Å². The van der Waals surface area contributed by atoms with Crippen molar-refractivity contribution in [2.45, 2.75) is 26.3 Å². The molecule has 1 atom stereocenters. The molecule has 2 aromatic rings. The summed E-state index contributed by atoms with van der Waals surface area (Å²) in [5, 5.41) is 3.01. The standard InChI is InChI=1S/C17H19F2N/c1-12(2)11-16(13-7-4-3-5-8-13)20-17-14(18)9-6-10-15(17)19/h3-10,12,16,20H,11H2,1-2H3. The van der Waals surface area contributed by atoms with E-state index in [0.29, 0.717) is 5.92 Å². The van der Waals surface area contributed by atoms with Gasteiger partial charge in [-0.2, -0.15) is 0 Å². The Kier molecular flexibility index (Phi) is 4.72. The number of benzene rings is 2. The van der Waals surface area contributed by atoms with Crippen LogP contribution in [0.4, 0.5) is 14.5 Å². The van der Waals surface area contributed by atoms with E-state index < -0.39 is 11.6 Å². The quantitative estimate of drug-likeness (QED) is 0.794. The van der Waals surface area contributed by atoms with Crippen LogP contribution in [0.25, 0.3) is 0 Å². The topological polar surface area (TPSA) is 12.0 Å². The first kappa shape index (κ1) is 14.5. The number of hydrogen-bond acceptors (Lipinski definition) is 1. The van der Waals surface area contributed by atoms with E-state index >= 15 is 0 Å². The first-order chi connectivity index (χ1) is 9.58. The third kappa shape index (κ3) is 3.56. The zero-order chi connectivity index (χ0) is 14.5. The Labute approximate surface area is 118 Å². The second kappa shape index (κ2) is 6.51. The summed E-state index contributed by atoms with van der Waals surface area (Å²) in [6.45, 7) is 4.19. The molecule has 0 fully saturated rings. The van der Waals surface area contributed by atoms with Crippen LogP contribution in [0.1, 0.15) is 31.9 Å². The Morgan fingerprint density at radius 1 is 0.900 bits per heavy atom. The van der Waals surface area contributed by atoms with Crippen LogP contribution < -0.4 is 5.32 Å². The number of hydrogen-bond donors (Lipinski definition) is 1. The molecular formula is C17H19F2N. The highest BCUT2D eigenvalue weighted by atomic mass is 19.1. The van der Waals surface area contributed by atoms with Gasteiger partial charge in [0.25, 0.3) is 0 Å². The maximum Gasteiger partial charge on any atom is 0.149 e. The van der Waals surface area contributed by atoms with Gasteiger partial charge in [-0.1, -0.05) is 50.2 Å². The van der Waals surface area contributed by atoms with Gasteiger partial charge in [-0.25, -0.2) is 8.78 Å². The zero-order valence-corrected chi connectivity index (χ0v) is 11.7. The third-order valence-corrected chi connectivity index (χ3v) is 3.19. The Morgan fingerprint density at radius 2 is 1.50 bits per heavy atom. The van der Waals surface area contributed by atoms with Gasteiger partial charge in [0.05, 0.1) is 6.04 Å². The lowest BCUT2D eigenvalue weighted by Crippen LogP contribution is -2.15. The van der Waals surface area contributed by atoms with Gasteiger partial charge in [0.1, 0.15) is 17.3 Å². The van der Waals surface area contributed by atoms with Crippen LogP contribution in [-0.2, 0) is 0 Å². The molecule has 1 nitrogen and oxygen atoms in total. The van der Waals surface area contributed by atoms with E-state index in [0.717, 1.165) is 12.0 Å². The summed E-state index contributed by atoms with van der Waals surface area (Å²) in [5.41, 5.74) is 0.978. The molecule has 1 N–H and O–H groups in total. The molecule has 0 aromatic heterocycles. The van der Waals surface area contributed by atoms with E-state index in [-0.39, 0.29) is 11.7 Å². The molecule has 106 valence electrons. The van der Waals surface area contributed by atoms with Gasteiger partial charge in [-0.15, -0.1) is 0 Å². The summed E-state index contributed by atoms with van der Waals surface area (Å²) in [6.07, 6.45) is 0.803. The van der Waals surface area contributed by atoms with Crippen molar-refractivity contribution < 1.29 is 8.78 Å².